The molecule has 0 fully saturated rings. The zero-order valence-corrected chi connectivity index (χ0v) is 11.9. The van der Waals surface area contributed by atoms with E-state index in [0.717, 1.165) is 0 Å². The summed E-state index contributed by atoms with van der Waals surface area (Å²) in [6.45, 7) is 3.32. The highest BCUT2D eigenvalue weighted by Gasteiger charge is 2.19. The van der Waals surface area contributed by atoms with Crippen LogP contribution in [0.3, 0.4) is 0 Å². The summed E-state index contributed by atoms with van der Waals surface area (Å²) in [5.41, 5.74) is 0.0933. The zero-order valence-electron chi connectivity index (χ0n) is 10.3. The van der Waals surface area contributed by atoms with E-state index in [-0.39, 0.29) is 5.56 Å². The number of halogens is 1. The molecule has 0 saturated heterocycles. The maximum absolute atomic E-state index is 10.9. The maximum Gasteiger partial charge on any atom is 0.335 e. The minimum absolute atomic E-state index is 0.0933. The Morgan fingerprint density at radius 1 is 1.39 bits per heavy atom. The first-order valence-corrected chi connectivity index (χ1v) is 6.11. The maximum atomic E-state index is 10.9. The third-order valence-corrected chi connectivity index (χ3v) is 3.05. The van der Waals surface area contributed by atoms with Crippen LogP contribution in [-0.4, -0.2) is 35.5 Å². The van der Waals surface area contributed by atoms with E-state index < -0.39 is 18.2 Å². The number of rotatable bonds is 5. The number of hydrogen-bond acceptors (Lipinski definition) is 4. The van der Waals surface area contributed by atoms with Gasteiger partial charge in [0.25, 0.3) is 0 Å². The molecule has 0 aliphatic heterocycles. The average Bonchev–Trinajstić information content (AvgIpc) is 2.30. The van der Waals surface area contributed by atoms with Crippen molar-refractivity contribution in [2.45, 2.75) is 26.1 Å². The summed E-state index contributed by atoms with van der Waals surface area (Å²) >= 11 is 3.23. The molecule has 0 saturated carbocycles. The van der Waals surface area contributed by atoms with Crippen LogP contribution in [0.2, 0.25) is 0 Å². The standard InChI is InChI=1S/C12H15BrO5/c1-6(14)7(2)18-11-9(13)4-8(12(15)16)5-10(11)17-3/h4-7,14H,1-3H3,(H,15,16). The van der Waals surface area contributed by atoms with Gasteiger partial charge >= 0.3 is 5.97 Å². The summed E-state index contributed by atoms with van der Waals surface area (Å²) in [6, 6.07) is 2.80. The Morgan fingerprint density at radius 2 is 2.00 bits per heavy atom. The molecule has 2 N–H and O–H groups in total. The molecule has 6 heteroatoms. The monoisotopic (exact) mass is 318 g/mol. The predicted molar refractivity (Wildman–Crippen MR) is 69.4 cm³/mol. The lowest BCUT2D eigenvalue weighted by molar-refractivity contribution is 0.0579. The van der Waals surface area contributed by atoms with Crippen molar-refractivity contribution in [3.8, 4) is 11.5 Å². The van der Waals surface area contributed by atoms with E-state index in [0.29, 0.717) is 16.0 Å². The Kier molecular flexibility index (Phi) is 4.98. The second kappa shape index (κ2) is 6.06. The molecule has 0 radical (unpaired) electrons. The lowest BCUT2D eigenvalue weighted by atomic mass is 10.2. The van der Waals surface area contributed by atoms with Crippen LogP contribution < -0.4 is 9.47 Å². The van der Waals surface area contributed by atoms with E-state index in [1.54, 1.807) is 13.8 Å². The molecular weight excluding hydrogens is 304 g/mol. The number of benzene rings is 1. The van der Waals surface area contributed by atoms with Crippen molar-refractivity contribution in [3.05, 3.63) is 22.2 Å². The number of ether oxygens (including phenoxy) is 2. The van der Waals surface area contributed by atoms with Gasteiger partial charge in [-0.25, -0.2) is 4.79 Å². The quantitative estimate of drug-likeness (QED) is 0.871. The van der Waals surface area contributed by atoms with Crippen molar-refractivity contribution < 1.29 is 24.5 Å². The van der Waals surface area contributed by atoms with Gasteiger partial charge in [0.05, 0.1) is 23.2 Å². The third-order valence-electron chi connectivity index (χ3n) is 2.46. The molecule has 0 aromatic heterocycles. The predicted octanol–water partition coefficient (Wildman–Crippen LogP) is 2.30. The second-order valence-electron chi connectivity index (χ2n) is 3.86. The second-order valence-corrected chi connectivity index (χ2v) is 4.71. The molecule has 0 heterocycles. The number of carboxylic acids is 1. The van der Waals surface area contributed by atoms with E-state index in [2.05, 4.69) is 15.9 Å². The first kappa shape index (κ1) is 14.8. The van der Waals surface area contributed by atoms with Gasteiger partial charge in [0, 0.05) is 0 Å². The first-order valence-electron chi connectivity index (χ1n) is 5.32. The van der Waals surface area contributed by atoms with Crippen LogP contribution in [0.5, 0.6) is 11.5 Å². The molecule has 0 spiro atoms. The normalized spacial score (nSPS) is 13.8. The van der Waals surface area contributed by atoms with Crippen LogP contribution in [0.25, 0.3) is 0 Å². The number of carbonyl (C=O) groups is 1. The van der Waals surface area contributed by atoms with Crippen LogP contribution >= 0.6 is 15.9 Å². The summed E-state index contributed by atoms with van der Waals surface area (Å²) in [5.74, 6) is -0.380. The van der Waals surface area contributed by atoms with Crippen molar-refractivity contribution in [3.63, 3.8) is 0 Å². The van der Waals surface area contributed by atoms with Gasteiger partial charge in [-0.15, -0.1) is 0 Å². The van der Waals surface area contributed by atoms with Crippen LogP contribution in [0.4, 0.5) is 0 Å². The summed E-state index contributed by atoms with van der Waals surface area (Å²) in [4.78, 5) is 10.9. The van der Waals surface area contributed by atoms with Gasteiger partial charge in [0.15, 0.2) is 11.5 Å². The van der Waals surface area contributed by atoms with E-state index in [1.807, 2.05) is 0 Å². The van der Waals surface area contributed by atoms with E-state index in [1.165, 1.54) is 19.2 Å². The fourth-order valence-corrected chi connectivity index (χ4v) is 1.78. The molecule has 5 nitrogen and oxygen atoms in total. The number of carboxylic acid groups (broad SMARTS) is 1. The van der Waals surface area contributed by atoms with Crippen LogP contribution in [0.15, 0.2) is 16.6 Å². The van der Waals surface area contributed by atoms with Crippen molar-refractivity contribution in [2.75, 3.05) is 7.11 Å². The van der Waals surface area contributed by atoms with Crippen molar-refractivity contribution >= 4 is 21.9 Å². The first-order chi connectivity index (χ1) is 8.36. The molecule has 2 atom stereocenters. The molecule has 0 aliphatic rings. The lowest BCUT2D eigenvalue weighted by Crippen LogP contribution is -2.26. The Hall–Kier alpha value is -1.27. The number of hydrogen-bond donors (Lipinski definition) is 2. The van der Waals surface area contributed by atoms with Gasteiger partial charge < -0.3 is 19.7 Å². The molecule has 1 aromatic rings. The third kappa shape index (κ3) is 3.36. The van der Waals surface area contributed by atoms with Crippen LogP contribution in [-0.2, 0) is 0 Å². The van der Waals surface area contributed by atoms with Gasteiger partial charge in [-0.2, -0.15) is 0 Å². The fourth-order valence-electron chi connectivity index (χ4n) is 1.24. The van der Waals surface area contributed by atoms with Gasteiger partial charge in [0.2, 0.25) is 0 Å². The Balaban J connectivity index is 3.15. The van der Waals surface area contributed by atoms with Crippen molar-refractivity contribution in [1.29, 1.82) is 0 Å². The van der Waals surface area contributed by atoms with Gasteiger partial charge in [-0.3, -0.25) is 0 Å². The van der Waals surface area contributed by atoms with Crippen LogP contribution in [0.1, 0.15) is 24.2 Å². The molecular formula is C12H15BrO5. The molecule has 0 bridgehead atoms. The highest BCUT2D eigenvalue weighted by atomic mass is 79.9. The molecule has 2 unspecified atom stereocenters. The van der Waals surface area contributed by atoms with Crippen molar-refractivity contribution in [1.82, 2.24) is 0 Å². The zero-order chi connectivity index (χ0) is 13.9. The Labute approximate surface area is 113 Å². The Morgan fingerprint density at radius 3 is 2.44 bits per heavy atom. The smallest absolute Gasteiger partial charge is 0.335 e. The number of aliphatic hydroxyl groups excluding tert-OH is 1. The molecule has 1 aromatic carbocycles. The SMILES string of the molecule is COc1cc(C(=O)O)cc(Br)c1OC(C)C(C)O. The summed E-state index contributed by atoms with van der Waals surface area (Å²) in [6.07, 6.45) is -1.09. The molecule has 1 rings (SSSR count). The van der Waals surface area contributed by atoms with E-state index in [9.17, 15) is 9.90 Å². The van der Waals surface area contributed by atoms with E-state index in [4.69, 9.17) is 14.6 Å². The van der Waals surface area contributed by atoms with Gasteiger partial charge in [-0.05, 0) is 41.9 Å². The molecule has 0 amide bonds. The highest BCUT2D eigenvalue weighted by molar-refractivity contribution is 9.10. The number of methoxy groups -OCH3 is 1. The summed E-state index contributed by atoms with van der Waals surface area (Å²) in [5, 5.41) is 18.3. The van der Waals surface area contributed by atoms with E-state index >= 15 is 0 Å². The number of aromatic carboxylic acids is 1. The average molecular weight is 319 g/mol. The summed E-state index contributed by atoms with van der Waals surface area (Å²) < 4.78 is 11.1. The molecule has 18 heavy (non-hydrogen) atoms. The van der Waals surface area contributed by atoms with Crippen molar-refractivity contribution in [2.24, 2.45) is 0 Å². The minimum atomic E-state index is -1.05. The Bertz CT molecular complexity index is 444. The molecule has 100 valence electrons. The topological polar surface area (TPSA) is 76.0 Å². The number of aliphatic hydroxyl groups is 1. The highest BCUT2D eigenvalue weighted by Crippen LogP contribution is 2.37. The molecule has 0 aliphatic carbocycles. The van der Waals surface area contributed by atoms with Gasteiger partial charge in [0.1, 0.15) is 6.10 Å². The summed E-state index contributed by atoms with van der Waals surface area (Å²) in [7, 11) is 1.42. The van der Waals surface area contributed by atoms with Crippen LogP contribution in [0, 0.1) is 0 Å². The largest absolute Gasteiger partial charge is 0.493 e. The fraction of sp³-hybridized carbons (Fsp3) is 0.417. The minimum Gasteiger partial charge on any atom is -0.493 e. The lowest BCUT2D eigenvalue weighted by Gasteiger charge is -2.20. The van der Waals surface area contributed by atoms with Gasteiger partial charge in [-0.1, -0.05) is 0 Å².